The molecule has 0 aromatic heterocycles. The van der Waals surface area contributed by atoms with Crippen LogP contribution in [0.4, 0.5) is 14.5 Å². The molecule has 0 aliphatic carbocycles. The van der Waals surface area contributed by atoms with Gasteiger partial charge in [-0.25, -0.2) is 13.6 Å². The molecule has 0 spiro atoms. The second-order valence-electron chi connectivity index (χ2n) is 5.40. The molecule has 6 heteroatoms. The fourth-order valence-corrected chi connectivity index (χ4v) is 1.30. The van der Waals surface area contributed by atoms with E-state index < -0.39 is 34.3 Å². The zero-order chi connectivity index (χ0) is 15.0. The molecule has 0 radical (unpaired) electrons. The molecule has 0 fully saturated rings. The van der Waals surface area contributed by atoms with Crippen molar-refractivity contribution in [1.29, 1.82) is 0 Å². The number of carboxylic acids is 1. The summed E-state index contributed by atoms with van der Waals surface area (Å²) >= 11 is 0. The topological polar surface area (TPSA) is 69.6 Å². The number of aliphatic hydroxyl groups is 1. The molecule has 0 saturated carbocycles. The Morgan fingerprint density at radius 2 is 1.68 bits per heavy atom. The van der Waals surface area contributed by atoms with E-state index in [0.29, 0.717) is 0 Å². The van der Waals surface area contributed by atoms with E-state index in [-0.39, 0.29) is 5.69 Å². The summed E-state index contributed by atoms with van der Waals surface area (Å²) in [6.07, 6.45) is 0. The lowest BCUT2D eigenvalue weighted by molar-refractivity contribution is 0.0239. The molecule has 0 saturated heterocycles. The molecule has 3 N–H and O–H groups in total. The molecule has 0 aliphatic rings. The van der Waals surface area contributed by atoms with Gasteiger partial charge >= 0.3 is 5.97 Å². The van der Waals surface area contributed by atoms with Gasteiger partial charge in [0.1, 0.15) is 0 Å². The number of aromatic carboxylic acids is 1. The third-order valence-electron chi connectivity index (χ3n) is 3.29. The number of hydrogen-bond donors (Lipinski definition) is 3. The Kier molecular flexibility index (Phi) is 3.86. The first-order chi connectivity index (χ1) is 8.47. The van der Waals surface area contributed by atoms with Crippen molar-refractivity contribution < 1.29 is 23.8 Å². The molecule has 1 aromatic rings. The Morgan fingerprint density at radius 3 is 2.11 bits per heavy atom. The minimum atomic E-state index is -1.54. The first kappa shape index (κ1) is 15.4. The highest BCUT2D eigenvalue weighted by molar-refractivity contribution is 5.88. The third kappa shape index (κ3) is 3.01. The number of carboxylic acid groups (broad SMARTS) is 1. The highest BCUT2D eigenvalue weighted by atomic mass is 19.2. The number of anilines is 1. The number of rotatable bonds is 4. The zero-order valence-corrected chi connectivity index (χ0v) is 11.2. The van der Waals surface area contributed by atoms with Crippen LogP contribution in [0.25, 0.3) is 0 Å². The maximum Gasteiger partial charge on any atom is 0.338 e. The van der Waals surface area contributed by atoms with Crippen molar-refractivity contribution >= 4 is 11.7 Å². The summed E-state index contributed by atoms with van der Waals surface area (Å²) in [5.74, 6) is -4.24. The van der Waals surface area contributed by atoms with Gasteiger partial charge in [0.25, 0.3) is 0 Å². The van der Waals surface area contributed by atoms with Crippen LogP contribution in [0.5, 0.6) is 0 Å². The minimum absolute atomic E-state index is 0.199. The second kappa shape index (κ2) is 4.77. The monoisotopic (exact) mass is 273 g/mol. The van der Waals surface area contributed by atoms with Gasteiger partial charge in [0, 0.05) is 0 Å². The summed E-state index contributed by atoms with van der Waals surface area (Å²) in [5, 5.41) is 21.3. The van der Waals surface area contributed by atoms with Crippen LogP contribution in [0.1, 0.15) is 38.1 Å². The SMILES string of the molecule is CC(C)(O)C(C)(C)Nc1ccc(C(=O)O)c(F)c1F. The van der Waals surface area contributed by atoms with Crippen molar-refractivity contribution in [3.05, 3.63) is 29.3 Å². The maximum absolute atomic E-state index is 13.8. The number of carbonyl (C=O) groups is 1. The van der Waals surface area contributed by atoms with E-state index in [9.17, 15) is 18.7 Å². The zero-order valence-electron chi connectivity index (χ0n) is 11.2. The smallest absolute Gasteiger partial charge is 0.338 e. The van der Waals surface area contributed by atoms with Crippen molar-refractivity contribution in [2.24, 2.45) is 0 Å². The molecule has 0 heterocycles. The lowest BCUT2D eigenvalue weighted by atomic mass is 9.85. The standard InChI is InChI=1S/C13H17F2NO3/c1-12(2,13(3,4)19)16-8-6-5-7(11(17)18)9(14)10(8)15/h5-6,16,19H,1-4H3,(H,17,18). The van der Waals surface area contributed by atoms with Crippen molar-refractivity contribution in [2.45, 2.75) is 38.8 Å². The van der Waals surface area contributed by atoms with E-state index in [1.165, 1.54) is 13.8 Å². The molecular formula is C13H17F2NO3. The van der Waals surface area contributed by atoms with E-state index in [0.717, 1.165) is 12.1 Å². The Labute approximate surface area is 110 Å². The van der Waals surface area contributed by atoms with Crippen molar-refractivity contribution in [3.63, 3.8) is 0 Å². The molecule has 19 heavy (non-hydrogen) atoms. The van der Waals surface area contributed by atoms with Gasteiger partial charge in [-0.1, -0.05) is 0 Å². The van der Waals surface area contributed by atoms with Gasteiger partial charge in [-0.15, -0.1) is 0 Å². The number of hydrogen-bond acceptors (Lipinski definition) is 3. The van der Waals surface area contributed by atoms with Crippen LogP contribution in [0, 0.1) is 11.6 Å². The first-order valence-electron chi connectivity index (χ1n) is 5.69. The second-order valence-corrected chi connectivity index (χ2v) is 5.40. The molecule has 4 nitrogen and oxygen atoms in total. The van der Waals surface area contributed by atoms with Gasteiger partial charge in [-0.2, -0.15) is 0 Å². The fourth-order valence-electron chi connectivity index (χ4n) is 1.30. The van der Waals surface area contributed by atoms with Crippen LogP contribution in [0.2, 0.25) is 0 Å². The summed E-state index contributed by atoms with van der Waals surface area (Å²) < 4.78 is 27.3. The molecule has 0 aliphatic heterocycles. The Balaban J connectivity index is 3.19. The number of halogens is 2. The van der Waals surface area contributed by atoms with Gasteiger partial charge in [0.15, 0.2) is 11.6 Å². The minimum Gasteiger partial charge on any atom is -0.478 e. The Hall–Kier alpha value is -1.69. The predicted molar refractivity (Wildman–Crippen MR) is 67.3 cm³/mol. The molecular weight excluding hydrogens is 256 g/mol. The molecule has 106 valence electrons. The van der Waals surface area contributed by atoms with Crippen molar-refractivity contribution in [1.82, 2.24) is 0 Å². The van der Waals surface area contributed by atoms with Crippen LogP contribution < -0.4 is 5.32 Å². The van der Waals surface area contributed by atoms with Crippen LogP contribution in [0.3, 0.4) is 0 Å². The van der Waals surface area contributed by atoms with Crippen molar-refractivity contribution in [3.8, 4) is 0 Å². The van der Waals surface area contributed by atoms with E-state index >= 15 is 0 Å². The summed E-state index contributed by atoms with van der Waals surface area (Å²) in [6.45, 7) is 6.30. The van der Waals surface area contributed by atoms with Crippen LogP contribution >= 0.6 is 0 Å². The van der Waals surface area contributed by atoms with E-state index in [4.69, 9.17) is 5.11 Å². The summed E-state index contributed by atoms with van der Waals surface area (Å²) in [5.41, 5.74) is -3.06. The predicted octanol–water partition coefficient (Wildman–Crippen LogP) is 2.62. The van der Waals surface area contributed by atoms with Crippen LogP contribution in [0.15, 0.2) is 12.1 Å². The maximum atomic E-state index is 13.8. The summed E-state index contributed by atoms with van der Waals surface area (Å²) in [6, 6.07) is 2.11. The number of nitrogens with one attached hydrogen (secondary N) is 1. The Bertz CT molecular complexity index is 507. The van der Waals surface area contributed by atoms with Crippen LogP contribution in [-0.4, -0.2) is 27.3 Å². The molecule has 0 unspecified atom stereocenters. The van der Waals surface area contributed by atoms with Gasteiger partial charge < -0.3 is 15.5 Å². The largest absolute Gasteiger partial charge is 0.478 e. The van der Waals surface area contributed by atoms with Gasteiger partial charge in [0.2, 0.25) is 0 Å². The molecule has 1 rings (SSSR count). The first-order valence-corrected chi connectivity index (χ1v) is 5.69. The molecule has 1 aromatic carbocycles. The fraction of sp³-hybridized carbons (Fsp3) is 0.462. The summed E-state index contributed by atoms with van der Waals surface area (Å²) in [4.78, 5) is 10.7. The molecule has 0 amide bonds. The lowest BCUT2D eigenvalue weighted by Gasteiger charge is -2.39. The van der Waals surface area contributed by atoms with E-state index in [2.05, 4.69) is 5.32 Å². The van der Waals surface area contributed by atoms with E-state index in [1.807, 2.05) is 0 Å². The average molecular weight is 273 g/mol. The quantitative estimate of drug-likeness (QED) is 0.788. The average Bonchev–Trinajstić information content (AvgIpc) is 2.22. The summed E-state index contributed by atoms with van der Waals surface area (Å²) in [7, 11) is 0. The Morgan fingerprint density at radius 1 is 1.16 bits per heavy atom. The highest BCUT2D eigenvalue weighted by Gasteiger charge is 2.36. The van der Waals surface area contributed by atoms with Gasteiger partial charge in [-0.3, -0.25) is 0 Å². The van der Waals surface area contributed by atoms with Gasteiger partial charge in [-0.05, 0) is 39.8 Å². The molecule has 0 bridgehead atoms. The van der Waals surface area contributed by atoms with E-state index in [1.54, 1.807) is 13.8 Å². The number of benzene rings is 1. The van der Waals surface area contributed by atoms with Crippen LogP contribution in [-0.2, 0) is 0 Å². The third-order valence-corrected chi connectivity index (χ3v) is 3.29. The van der Waals surface area contributed by atoms with Crippen molar-refractivity contribution in [2.75, 3.05) is 5.32 Å². The highest BCUT2D eigenvalue weighted by Crippen LogP contribution is 2.29. The lowest BCUT2D eigenvalue weighted by Crippen LogP contribution is -2.51. The van der Waals surface area contributed by atoms with Gasteiger partial charge in [0.05, 0.1) is 22.4 Å². The molecule has 0 atom stereocenters. The normalized spacial score (nSPS) is 12.4.